The largest absolute Gasteiger partial charge is 0.378 e. The minimum atomic E-state index is -0.312. The fraction of sp³-hybridized carbons (Fsp3) is 0.263. The van der Waals surface area contributed by atoms with E-state index in [4.69, 9.17) is 0 Å². The number of anilines is 1. The second kappa shape index (κ2) is 7.35. The molecular formula is C19H21N5O2. The van der Waals surface area contributed by atoms with Crippen molar-refractivity contribution in [1.29, 1.82) is 0 Å². The van der Waals surface area contributed by atoms with Crippen molar-refractivity contribution in [2.75, 3.05) is 26.0 Å². The highest BCUT2D eigenvalue weighted by Gasteiger charge is 2.13. The number of rotatable bonds is 5. The molecule has 0 atom stereocenters. The number of nitrogens with zero attached hydrogens (tertiary/aromatic N) is 5. The summed E-state index contributed by atoms with van der Waals surface area (Å²) >= 11 is 0. The summed E-state index contributed by atoms with van der Waals surface area (Å²) in [6.07, 6.45) is 0. The Kier molecular flexibility index (Phi) is 4.97. The average molecular weight is 351 g/mol. The van der Waals surface area contributed by atoms with Crippen LogP contribution in [0.25, 0.3) is 10.9 Å². The van der Waals surface area contributed by atoms with Crippen LogP contribution in [0.1, 0.15) is 5.56 Å². The standard InChI is InChI=1S/C19H21N5O2/c1-22(2)15-10-8-14(9-11-15)12-23(3)18(25)13-24-19(26)16-6-4-5-7-17(16)20-21-24/h4-11H,12-13H2,1-3H3. The molecule has 0 saturated heterocycles. The molecule has 0 aliphatic heterocycles. The van der Waals surface area contributed by atoms with E-state index < -0.39 is 0 Å². The predicted molar refractivity (Wildman–Crippen MR) is 101 cm³/mol. The van der Waals surface area contributed by atoms with E-state index in [0.717, 1.165) is 15.9 Å². The molecule has 26 heavy (non-hydrogen) atoms. The smallest absolute Gasteiger partial charge is 0.278 e. The third-order valence-electron chi connectivity index (χ3n) is 4.21. The highest BCUT2D eigenvalue weighted by Crippen LogP contribution is 2.13. The van der Waals surface area contributed by atoms with Crippen molar-refractivity contribution in [3.63, 3.8) is 0 Å². The number of benzene rings is 2. The highest BCUT2D eigenvalue weighted by atomic mass is 16.2. The van der Waals surface area contributed by atoms with Gasteiger partial charge in [0.1, 0.15) is 12.1 Å². The molecule has 1 aromatic heterocycles. The van der Waals surface area contributed by atoms with Gasteiger partial charge in [-0.3, -0.25) is 9.59 Å². The number of fused-ring (bicyclic) bond motifs is 1. The Morgan fingerprint density at radius 1 is 1.04 bits per heavy atom. The van der Waals surface area contributed by atoms with Crippen molar-refractivity contribution in [3.05, 3.63) is 64.4 Å². The SMILES string of the molecule is CN(Cc1ccc(N(C)C)cc1)C(=O)Cn1nnc2ccccc2c1=O. The highest BCUT2D eigenvalue weighted by molar-refractivity contribution is 5.78. The second-order valence-corrected chi connectivity index (χ2v) is 6.38. The van der Waals surface area contributed by atoms with Crippen LogP contribution in [0.3, 0.4) is 0 Å². The van der Waals surface area contributed by atoms with Crippen LogP contribution in [0, 0.1) is 0 Å². The van der Waals surface area contributed by atoms with E-state index in [1.807, 2.05) is 43.3 Å². The average Bonchev–Trinajstić information content (AvgIpc) is 2.64. The van der Waals surface area contributed by atoms with Gasteiger partial charge in [0.15, 0.2) is 0 Å². The van der Waals surface area contributed by atoms with E-state index in [-0.39, 0.29) is 18.0 Å². The molecule has 3 aromatic rings. The zero-order valence-electron chi connectivity index (χ0n) is 15.1. The number of carbonyl (C=O) groups excluding carboxylic acids is 1. The Balaban J connectivity index is 1.71. The minimum absolute atomic E-state index is 0.136. The van der Waals surface area contributed by atoms with Crippen molar-refractivity contribution in [2.45, 2.75) is 13.1 Å². The molecule has 0 fully saturated rings. The molecule has 0 aliphatic rings. The molecule has 7 nitrogen and oxygen atoms in total. The molecule has 0 spiro atoms. The zero-order valence-corrected chi connectivity index (χ0v) is 15.1. The maximum absolute atomic E-state index is 12.5. The molecule has 0 bridgehead atoms. The van der Waals surface area contributed by atoms with Crippen LogP contribution in [0.2, 0.25) is 0 Å². The molecular weight excluding hydrogens is 330 g/mol. The van der Waals surface area contributed by atoms with Gasteiger partial charge < -0.3 is 9.80 Å². The fourth-order valence-corrected chi connectivity index (χ4v) is 2.64. The lowest BCUT2D eigenvalue weighted by Crippen LogP contribution is -2.35. The maximum atomic E-state index is 12.5. The Labute approximate surface area is 151 Å². The first-order valence-corrected chi connectivity index (χ1v) is 8.28. The predicted octanol–water partition coefficient (Wildman–Crippen LogP) is 1.52. The second-order valence-electron chi connectivity index (χ2n) is 6.38. The van der Waals surface area contributed by atoms with Gasteiger partial charge in [-0.25, -0.2) is 4.68 Å². The van der Waals surface area contributed by atoms with Crippen molar-refractivity contribution >= 4 is 22.5 Å². The van der Waals surface area contributed by atoms with E-state index in [2.05, 4.69) is 10.3 Å². The lowest BCUT2D eigenvalue weighted by atomic mass is 10.2. The van der Waals surface area contributed by atoms with Crippen LogP contribution < -0.4 is 10.5 Å². The summed E-state index contributed by atoms with van der Waals surface area (Å²) in [6, 6.07) is 15.0. The molecule has 2 aromatic carbocycles. The van der Waals surface area contributed by atoms with E-state index in [9.17, 15) is 9.59 Å². The Morgan fingerprint density at radius 2 is 1.73 bits per heavy atom. The van der Waals surface area contributed by atoms with Gasteiger partial charge in [0.2, 0.25) is 5.91 Å². The van der Waals surface area contributed by atoms with Gasteiger partial charge in [0, 0.05) is 33.4 Å². The van der Waals surface area contributed by atoms with Crippen LogP contribution in [-0.2, 0) is 17.9 Å². The van der Waals surface area contributed by atoms with E-state index in [1.165, 1.54) is 0 Å². The molecule has 0 aliphatic carbocycles. The fourth-order valence-electron chi connectivity index (χ4n) is 2.64. The van der Waals surface area contributed by atoms with Crippen LogP contribution >= 0.6 is 0 Å². The van der Waals surface area contributed by atoms with E-state index >= 15 is 0 Å². The van der Waals surface area contributed by atoms with Crippen LogP contribution in [0.15, 0.2) is 53.3 Å². The Morgan fingerprint density at radius 3 is 2.42 bits per heavy atom. The summed E-state index contributed by atoms with van der Waals surface area (Å²) in [5, 5.41) is 8.33. The molecule has 1 heterocycles. The summed E-state index contributed by atoms with van der Waals surface area (Å²) in [4.78, 5) is 28.5. The maximum Gasteiger partial charge on any atom is 0.278 e. The first kappa shape index (κ1) is 17.6. The normalized spacial score (nSPS) is 10.7. The summed E-state index contributed by atoms with van der Waals surface area (Å²) in [5.74, 6) is -0.201. The summed E-state index contributed by atoms with van der Waals surface area (Å²) in [5.41, 5.74) is 2.33. The molecule has 0 N–H and O–H groups in total. The van der Waals surface area contributed by atoms with Gasteiger partial charge >= 0.3 is 0 Å². The van der Waals surface area contributed by atoms with Gasteiger partial charge in [0.25, 0.3) is 5.56 Å². The minimum Gasteiger partial charge on any atom is -0.378 e. The molecule has 0 unspecified atom stereocenters. The van der Waals surface area contributed by atoms with Gasteiger partial charge in [-0.2, -0.15) is 0 Å². The van der Waals surface area contributed by atoms with Gasteiger partial charge in [-0.1, -0.05) is 29.5 Å². The Hall–Kier alpha value is -3.22. The van der Waals surface area contributed by atoms with Crippen molar-refractivity contribution in [1.82, 2.24) is 19.9 Å². The number of carbonyl (C=O) groups is 1. The molecule has 0 saturated carbocycles. The summed E-state index contributed by atoms with van der Waals surface area (Å²) < 4.78 is 1.11. The number of likely N-dealkylation sites (N-methyl/N-ethyl adjacent to an activating group) is 1. The third-order valence-corrected chi connectivity index (χ3v) is 4.21. The quantitative estimate of drug-likeness (QED) is 0.697. The van der Waals surface area contributed by atoms with Gasteiger partial charge in [-0.05, 0) is 29.8 Å². The first-order chi connectivity index (χ1) is 12.5. The van der Waals surface area contributed by atoms with Crippen molar-refractivity contribution < 1.29 is 4.79 Å². The number of aromatic nitrogens is 3. The molecule has 0 radical (unpaired) electrons. The van der Waals surface area contributed by atoms with Gasteiger partial charge in [0.05, 0.1) is 5.39 Å². The molecule has 7 heteroatoms. The van der Waals surface area contributed by atoms with Crippen LogP contribution in [0.5, 0.6) is 0 Å². The van der Waals surface area contributed by atoms with Crippen molar-refractivity contribution in [3.8, 4) is 0 Å². The Bertz CT molecular complexity index is 979. The first-order valence-electron chi connectivity index (χ1n) is 8.28. The van der Waals surface area contributed by atoms with Gasteiger partial charge in [-0.15, -0.1) is 5.10 Å². The van der Waals surface area contributed by atoms with Crippen LogP contribution in [0.4, 0.5) is 5.69 Å². The lowest BCUT2D eigenvalue weighted by Gasteiger charge is -2.18. The number of amides is 1. The monoisotopic (exact) mass is 351 g/mol. The third kappa shape index (κ3) is 3.72. The topological polar surface area (TPSA) is 71.3 Å². The lowest BCUT2D eigenvalue weighted by molar-refractivity contribution is -0.131. The zero-order chi connectivity index (χ0) is 18.7. The van der Waals surface area contributed by atoms with E-state index in [1.54, 1.807) is 36.2 Å². The molecule has 3 rings (SSSR count). The molecule has 1 amide bonds. The summed E-state index contributed by atoms with van der Waals surface area (Å²) in [7, 11) is 5.67. The number of hydrogen-bond donors (Lipinski definition) is 0. The van der Waals surface area contributed by atoms with E-state index in [0.29, 0.717) is 17.4 Å². The van der Waals surface area contributed by atoms with Crippen molar-refractivity contribution in [2.24, 2.45) is 0 Å². The van der Waals surface area contributed by atoms with Crippen LogP contribution in [-0.4, -0.2) is 46.9 Å². The number of hydrogen-bond acceptors (Lipinski definition) is 5. The summed E-state index contributed by atoms with van der Waals surface area (Å²) in [6.45, 7) is 0.325. The molecule has 134 valence electrons.